The highest BCUT2D eigenvalue weighted by Crippen LogP contribution is 2.30. The topological polar surface area (TPSA) is 60.2 Å². The number of nitrogens with zero attached hydrogens (tertiary/aromatic N) is 3. The molecule has 0 aliphatic rings. The number of fused-ring (bicyclic) bond motifs is 1. The lowest BCUT2D eigenvalue weighted by molar-refractivity contribution is 0.0909. The number of hydrogen-bond donors (Lipinski definition) is 1. The second-order valence-electron chi connectivity index (χ2n) is 10.8. The first-order chi connectivity index (χ1) is 16.7. The largest absolute Gasteiger partial charge is 0.392 e. The van der Waals surface area contributed by atoms with Crippen LogP contribution in [0.5, 0.6) is 0 Å². The summed E-state index contributed by atoms with van der Waals surface area (Å²) in [5, 5.41) is 10.5. The normalized spacial score (nSPS) is 12.1. The van der Waals surface area contributed by atoms with Crippen molar-refractivity contribution >= 4 is 19.1 Å². The van der Waals surface area contributed by atoms with Gasteiger partial charge < -0.3 is 14.4 Å². The maximum atomic E-state index is 9.46. The Labute approximate surface area is 209 Å². The third kappa shape index (κ3) is 6.26. The van der Waals surface area contributed by atoms with Gasteiger partial charge in [-0.25, -0.2) is 9.97 Å². The number of aliphatic hydroxyl groups is 1. The first-order valence-corrected chi connectivity index (χ1v) is 16.2. The molecule has 4 rings (SSSR count). The average Bonchev–Trinajstić information content (AvgIpc) is 3.21. The fourth-order valence-electron chi connectivity index (χ4n) is 4.15. The Balaban J connectivity index is 1.69. The summed E-state index contributed by atoms with van der Waals surface area (Å²) in [5.74, 6) is 0.518. The third-order valence-electron chi connectivity index (χ3n) is 6.44. The lowest BCUT2D eigenvalue weighted by Crippen LogP contribution is -2.22. The number of aliphatic hydroxyl groups excluding tert-OH is 1. The van der Waals surface area contributed by atoms with Crippen LogP contribution in [0.25, 0.3) is 22.3 Å². The molecule has 0 aliphatic heterocycles. The van der Waals surface area contributed by atoms with Crippen LogP contribution < -0.4 is 0 Å². The van der Waals surface area contributed by atoms with Crippen molar-refractivity contribution in [3.05, 3.63) is 83.3 Å². The van der Waals surface area contributed by atoms with Gasteiger partial charge >= 0.3 is 0 Å². The Hall–Kier alpha value is -2.80. The molecule has 4 aromatic rings. The van der Waals surface area contributed by atoms with E-state index in [1.54, 1.807) is 6.33 Å². The third-order valence-corrected chi connectivity index (χ3v) is 8.14. The predicted molar refractivity (Wildman–Crippen MR) is 146 cm³/mol. The Morgan fingerprint density at radius 3 is 2.26 bits per heavy atom. The SMILES string of the molecule is CC(C)c1ccc(Cc2ncnc3c2cc(-c2ccc(CO)cc2)n3COCC[Si](C)(C)C)cc1. The highest BCUT2D eigenvalue weighted by molar-refractivity contribution is 6.76. The summed E-state index contributed by atoms with van der Waals surface area (Å²) in [4.78, 5) is 9.34. The van der Waals surface area contributed by atoms with Crippen LogP contribution in [0.1, 0.15) is 42.1 Å². The molecule has 5 nitrogen and oxygen atoms in total. The zero-order chi connectivity index (χ0) is 25.0. The second-order valence-corrected chi connectivity index (χ2v) is 16.4. The highest BCUT2D eigenvalue weighted by Gasteiger charge is 2.17. The summed E-state index contributed by atoms with van der Waals surface area (Å²) in [6.45, 7) is 12.8. The molecular formula is C29H37N3O2Si. The standard InChI is InChI=1S/C29H37N3O2Si/c1-21(2)24-10-6-22(7-11-24)16-27-26-17-28(25-12-8-23(18-33)9-13-25)32(29(26)31-19-30-27)20-34-14-15-35(3,4)5/h6-13,17,19,21,33H,14-16,18,20H2,1-5H3. The number of benzene rings is 2. The molecule has 0 amide bonds. The van der Waals surface area contributed by atoms with Crippen molar-refractivity contribution in [3.8, 4) is 11.3 Å². The molecule has 0 atom stereocenters. The minimum absolute atomic E-state index is 0.0360. The zero-order valence-corrected chi connectivity index (χ0v) is 22.6. The number of rotatable bonds is 10. The Morgan fingerprint density at radius 2 is 1.63 bits per heavy atom. The van der Waals surface area contributed by atoms with Gasteiger partial charge in [0, 0.05) is 26.5 Å². The average molecular weight is 488 g/mol. The van der Waals surface area contributed by atoms with Crippen LogP contribution >= 0.6 is 0 Å². The summed E-state index contributed by atoms with van der Waals surface area (Å²) < 4.78 is 8.31. The van der Waals surface area contributed by atoms with E-state index in [-0.39, 0.29) is 6.61 Å². The number of aromatic nitrogens is 3. The molecule has 0 fully saturated rings. The molecule has 0 spiro atoms. The van der Waals surface area contributed by atoms with Crippen LogP contribution in [-0.2, 0) is 24.5 Å². The molecule has 2 aromatic carbocycles. The van der Waals surface area contributed by atoms with E-state index in [2.05, 4.69) is 90.5 Å². The predicted octanol–water partition coefficient (Wildman–Crippen LogP) is 6.62. The summed E-state index contributed by atoms with van der Waals surface area (Å²) >= 11 is 0. The maximum Gasteiger partial charge on any atom is 0.145 e. The van der Waals surface area contributed by atoms with Crippen molar-refractivity contribution in [1.29, 1.82) is 0 Å². The van der Waals surface area contributed by atoms with E-state index in [1.165, 1.54) is 11.1 Å². The Morgan fingerprint density at radius 1 is 0.943 bits per heavy atom. The van der Waals surface area contributed by atoms with Crippen LogP contribution in [0.3, 0.4) is 0 Å². The van der Waals surface area contributed by atoms with Crippen molar-refractivity contribution < 1.29 is 9.84 Å². The minimum atomic E-state index is -1.17. The molecule has 2 aromatic heterocycles. The molecule has 0 saturated carbocycles. The number of ether oxygens (including phenoxy) is 1. The maximum absolute atomic E-state index is 9.46. The van der Waals surface area contributed by atoms with Crippen LogP contribution in [0.15, 0.2) is 60.9 Å². The summed E-state index contributed by atoms with van der Waals surface area (Å²) in [7, 11) is -1.17. The van der Waals surface area contributed by atoms with Crippen molar-refractivity contribution in [1.82, 2.24) is 14.5 Å². The molecule has 0 unspecified atom stereocenters. The van der Waals surface area contributed by atoms with E-state index in [9.17, 15) is 5.11 Å². The van der Waals surface area contributed by atoms with E-state index in [0.717, 1.165) is 52.6 Å². The van der Waals surface area contributed by atoms with Crippen molar-refractivity contribution in [2.75, 3.05) is 6.61 Å². The molecule has 0 saturated heterocycles. The Bertz CT molecular complexity index is 1260. The van der Waals surface area contributed by atoms with Crippen LogP contribution in [-0.4, -0.2) is 34.3 Å². The lowest BCUT2D eigenvalue weighted by atomic mass is 10.00. The van der Waals surface area contributed by atoms with E-state index in [1.807, 2.05) is 12.1 Å². The van der Waals surface area contributed by atoms with Gasteiger partial charge in [0.25, 0.3) is 0 Å². The molecule has 1 N–H and O–H groups in total. The second kappa shape index (κ2) is 10.9. The zero-order valence-electron chi connectivity index (χ0n) is 21.6. The molecule has 184 valence electrons. The van der Waals surface area contributed by atoms with Crippen molar-refractivity contribution in [2.24, 2.45) is 0 Å². The van der Waals surface area contributed by atoms with Gasteiger partial charge in [-0.15, -0.1) is 0 Å². The van der Waals surface area contributed by atoms with E-state index < -0.39 is 8.07 Å². The summed E-state index contributed by atoms with van der Waals surface area (Å²) in [6.07, 6.45) is 2.41. The quantitative estimate of drug-likeness (QED) is 0.202. The van der Waals surface area contributed by atoms with Gasteiger partial charge in [-0.3, -0.25) is 0 Å². The first-order valence-electron chi connectivity index (χ1n) is 12.4. The molecule has 6 heteroatoms. The Kier molecular flexibility index (Phi) is 7.84. The van der Waals surface area contributed by atoms with Gasteiger partial charge in [-0.1, -0.05) is 82.0 Å². The fourth-order valence-corrected chi connectivity index (χ4v) is 4.91. The molecule has 0 aliphatic carbocycles. The summed E-state index contributed by atoms with van der Waals surface area (Å²) in [5.41, 5.74) is 7.51. The fraction of sp³-hybridized carbons (Fsp3) is 0.379. The van der Waals surface area contributed by atoms with E-state index >= 15 is 0 Å². The number of hydrogen-bond acceptors (Lipinski definition) is 4. The van der Waals surface area contributed by atoms with Gasteiger partial charge in [0.1, 0.15) is 18.7 Å². The van der Waals surface area contributed by atoms with Crippen LogP contribution in [0, 0.1) is 0 Å². The molecule has 2 heterocycles. The van der Waals surface area contributed by atoms with Gasteiger partial charge in [0.15, 0.2) is 0 Å². The first kappa shape index (κ1) is 25.3. The van der Waals surface area contributed by atoms with Crippen molar-refractivity contribution in [2.45, 2.75) is 65.2 Å². The highest BCUT2D eigenvalue weighted by atomic mass is 28.3. The monoisotopic (exact) mass is 487 g/mol. The smallest absolute Gasteiger partial charge is 0.145 e. The van der Waals surface area contributed by atoms with Crippen molar-refractivity contribution in [3.63, 3.8) is 0 Å². The van der Waals surface area contributed by atoms with Gasteiger partial charge in [-0.2, -0.15) is 0 Å². The van der Waals surface area contributed by atoms with E-state index in [4.69, 9.17) is 4.74 Å². The van der Waals surface area contributed by atoms with Crippen LogP contribution in [0.4, 0.5) is 0 Å². The van der Waals surface area contributed by atoms with Gasteiger partial charge in [0.05, 0.1) is 18.0 Å². The van der Waals surface area contributed by atoms with Crippen LogP contribution in [0.2, 0.25) is 25.7 Å². The molecular weight excluding hydrogens is 450 g/mol. The minimum Gasteiger partial charge on any atom is -0.392 e. The van der Waals surface area contributed by atoms with Gasteiger partial charge in [0.2, 0.25) is 0 Å². The lowest BCUT2D eigenvalue weighted by Gasteiger charge is -2.16. The molecule has 35 heavy (non-hydrogen) atoms. The van der Waals surface area contributed by atoms with E-state index in [0.29, 0.717) is 12.6 Å². The van der Waals surface area contributed by atoms with Gasteiger partial charge in [-0.05, 0) is 40.3 Å². The molecule has 0 radical (unpaired) electrons. The molecule has 0 bridgehead atoms. The summed E-state index contributed by atoms with van der Waals surface area (Å²) in [6, 6.07) is 20.2.